The molecule has 1 aliphatic rings. The van der Waals surface area contributed by atoms with E-state index >= 15 is 0 Å². The van der Waals surface area contributed by atoms with Gasteiger partial charge in [-0.3, -0.25) is 9.59 Å². The molecule has 3 N–H and O–H groups in total. The fourth-order valence-corrected chi connectivity index (χ4v) is 2.72. The van der Waals surface area contributed by atoms with Gasteiger partial charge in [0.15, 0.2) is 0 Å². The molecule has 0 aliphatic carbocycles. The number of nitrogens with two attached hydrogens (primary N) is 1. The summed E-state index contributed by atoms with van der Waals surface area (Å²) in [7, 11) is 0. The zero-order valence-electron chi connectivity index (χ0n) is 13.3. The number of aliphatic hydroxyl groups excluding tert-OH is 1. The van der Waals surface area contributed by atoms with Crippen molar-refractivity contribution in [2.75, 3.05) is 13.1 Å². The van der Waals surface area contributed by atoms with E-state index in [4.69, 9.17) is 5.73 Å². The third-order valence-corrected chi connectivity index (χ3v) is 4.10. The van der Waals surface area contributed by atoms with Crippen LogP contribution in [0.5, 0.6) is 0 Å². The minimum Gasteiger partial charge on any atom is -0.383 e. The summed E-state index contributed by atoms with van der Waals surface area (Å²) in [6, 6.07) is 10.4. The second-order valence-electron chi connectivity index (χ2n) is 5.90. The standard InChI is InChI=1S/C18H24N2O3/c19-17(22)16(21)13-15-10-12-20(18(15)23)11-6-2-5-9-14-7-3-1-4-8-14/h1,3-4,7-8,10,16,21H,2,5-6,9,11-13H2,(H2,19,22). The number of aryl methyl sites for hydroxylation is 1. The van der Waals surface area contributed by atoms with Crippen LogP contribution in [0.15, 0.2) is 42.0 Å². The molecule has 0 aromatic heterocycles. The van der Waals surface area contributed by atoms with Crippen molar-refractivity contribution in [3.8, 4) is 0 Å². The van der Waals surface area contributed by atoms with Gasteiger partial charge in [-0.05, 0) is 24.8 Å². The van der Waals surface area contributed by atoms with Crippen LogP contribution in [0.2, 0.25) is 0 Å². The Kier molecular flexibility index (Phi) is 6.35. The molecule has 1 aromatic carbocycles. The number of primary amides is 1. The van der Waals surface area contributed by atoms with Crippen molar-refractivity contribution in [1.29, 1.82) is 0 Å². The lowest BCUT2D eigenvalue weighted by Crippen LogP contribution is -2.32. The molecule has 5 heteroatoms. The van der Waals surface area contributed by atoms with E-state index in [1.807, 2.05) is 18.2 Å². The summed E-state index contributed by atoms with van der Waals surface area (Å²) in [6.07, 6.45) is 4.69. The van der Waals surface area contributed by atoms with Gasteiger partial charge >= 0.3 is 0 Å². The number of amides is 2. The van der Waals surface area contributed by atoms with Crippen molar-refractivity contribution < 1.29 is 14.7 Å². The van der Waals surface area contributed by atoms with Gasteiger partial charge in [0.1, 0.15) is 6.10 Å². The van der Waals surface area contributed by atoms with Gasteiger partial charge in [0.25, 0.3) is 0 Å². The first-order valence-electron chi connectivity index (χ1n) is 8.07. The molecule has 1 unspecified atom stereocenters. The third kappa shape index (κ3) is 5.21. The van der Waals surface area contributed by atoms with E-state index < -0.39 is 12.0 Å². The number of rotatable bonds is 9. The van der Waals surface area contributed by atoms with E-state index in [1.54, 1.807) is 11.0 Å². The second-order valence-corrected chi connectivity index (χ2v) is 5.90. The molecule has 0 bridgehead atoms. The molecule has 0 fully saturated rings. The van der Waals surface area contributed by atoms with E-state index in [9.17, 15) is 14.7 Å². The Bertz CT molecular complexity index is 569. The smallest absolute Gasteiger partial charge is 0.249 e. The monoisotopic (exact) mass is 316 g/mol. The van der Waals surface area contributed by atoms with Crippen molar-refractivity contribution >= 4 is 11.8 Å². The van der Waals surface area contributed by atoms with Gasteiger partial charge in [-0.25, -0.2) is 0 Å². The molecule has 0 radical (unpaired) electrons. The van der Waals surface area contributed by atoms with Crippen LogP contribution in [-0.2, 0) is 16.0 Å². The molecule has 1 aliphatic heterocycles. The number of aliphatic hydroxyl groups is 1. The number of carbonyl (C=O) groups excluding carboxylic acids is 2. The molecule has 2 amide bonds. The second kappa shape index (κ2) is 8.48. The zero-order chi connectivity index (χ0) is 16.7. The lowest BCUT2D eigenvalue weighted by atomic mass is 10.1. The molecule has 2 rings (SSSR count). The molecular weight excluding hydrogens is 292 g/mol. The topological polar surface area (TPSA) is 83.6 Å². The van der Waals surface area contributed by atoms with E-state index in [0.717, 1.165) is 25.7 Å². The van der Waals surface area contributed by atoms with Gasteiger partial charge in [-0.1, -0.05) is 42.8 Å². The largest absolute Gasteiger partial charge is 0.383 e. The SMILES string of the molecule is NC(=O)C(O)CC1=CCN(CCCCCc2ccccc2)C1=O. The summed E-state index contributed by atoms with van der Waals surface area (Å²) < 4.78 is 0. The summed E-state index contributed by atoms with van der Waals surface area (Å²) in [5.74, 6) is -0.883. The lowest BCUT2D eigenvalue weighted by molar-refractivity contribution is -0.127. The van der Waals surface area contributed by atoms with Gasteiger partial charge in [0, 0.05) is 25.1 Å². The molecule has 124 valence electrons. The van der Waals surface area contributed by atoms with Gasteiger partial charge in [0.2, 0.25) is 11.8 Å². The first-order chi connectivity index (χ1) is 11.1. The highest BCUT2D eigenvalue weighted by Gasteiger charge is 2.26. The Morgan fingerprint density at radius 1 is 1.22 bits per heavy atom. The Morgan fingerprint density at radius 2 is 1.96 bits per heavy atom. The Morgan fingerprint density at radius 3 is 2.65 bits per heavy atom. The highest BCUT2D eigenvalue weighted by atomic mass is 16.3. The minimum atomic E-state index is -1.28. The highest BCUT2D eigenvalue weighted by molar-refractivity contribution is 5.96. The molecular formula is C18H24N2O3. The fraction of sp³-hybridized carbons (Fsp3) is 0.444. The predicted molar refractivity (Wildman–Crippen MR) is 88.5 cm³/mol. The van der Waals surface area contributed by atoms with Crippen molar-refractivity contribution in [1.82, 2.24) is 4.90 Å². The van der Waals surface area contributed by atoms with E-state index in [2.05, 4.69) is 12.1 Å². The average Bonchev–Trinajstić information content (AvgIpc) is 2.88. The van der Waals surface area contributed by atoms with Gasteiger partial charge in [-0.15, -0.1) is 0 Å². The highest BCUT2D eigenvalue weighted by Crippen LogP contribution is 2.17. The van der Waals surface area contributed by atoms with E-state index in [1.165, 1.54) is 5.56 Å². The van der Waals surface area contributed by atoms with Gasteiger partial charge in [-0.2, -0.15) is 0 Å². The molecule has 1 aromatic rings. The maximum Gasteiger partial charge on any atom is 0.249 e. The predicted octanol–water partition coefficient (Wildman–Crippen LogP) is 1.40. The van der Waals surface area contributed by atoms with Gasteiger partial charge < -0.3 is 15.7 Å². The summed E-state index contributed by atoms with van der Waals surface area (Å²) in [6.45, 7) is 1.26. The maximum absolute atomic E-state index is 12.1. The quantitative estimate of drug-likeness (QED) is 0.676. The molecule has 1 heterocycles. The fourth-order valence-electron chi connectivity index (χ4n) is 2.72. The van der Waals surface area contributed by atoms with Gasteiger partial charge in [0.05, 0.1) is 0 Å². The Labute approximate surface area is 136 Å². The average molecular weight is 316 g/mol. The molecule has 0 saturated heterocycles. The Hall–Kier alpha value is -2.14. The van der Waals surface area contributed by atoms with Crippen LogP contribution < -0.4 is 5.73 Å². The van der Waals surface area contributed by atoms with Crippen LogP contribution in [0.3, 0.4) is 0 Å². The first kappa shape index (κ1) is 17.2. The van der Waals surface area contributed by atoms with Crippen molar-refractivity contribution in [2.24, 2.45) is 5.73 Å². The van der Waals surface area contributed by atoms with E-state index in [-0.39, 0.29) is 12.3 Å². The molecule has 5 nitrogen and oxygen atoms in total. The molecule has 23 heavy (non-hydrogen) atoms. The molecule has 0 saturated carbocycles. The zero-order valence-corrected chi connectivity index (χ0v) is 13.3. The summed E-state index contributed by atoms with van der Waals surface area (Å²) in [5.41, 5.74) is 6.84. The summed E-state index contributed by atoms with van der Waals surface area (Å²) >= 11 is 0. The van der Waals surface area contributed by atoms with Crippen LogP contribution >= 0.6 is 0 Å². The molecule has 0 spiro atoms. The van der Waals surface area contributed by atoms with Crippen molar-refractivity contribution in [2.45, 2.75) is 38.2 Å². The van der Waals surface area contributed by atoms with Crippen LogP contribution in [0.25, 0.3) is 0 Å². The van der Waals surface area contributed by atoms with Crippen LogP contribution in [0.4, 0.5) is 0 Å². The van der Waals surface area contributed by atoms with Crippen molar-refractivity contribution in [3.63, 3.8) is 0 Å². The molecule has 1 atom stereocenters. The van der Waals surface area contributed by atoms with Crippen LogP contribution in [0, 0.1) is 0 Å². The number of unbranched alkanes of at least 4 members (excludes halogenated alkanes) is 2. The third-order valence-electron chi connectivity index (χ3n) is 4.10. The normalized spacial score (nSPS) is 15.6. The van der Waals surface area contributed by atoms with E-state index in [0.29, 0.717) is 18.7 Å². The maximum atomic E-state index is 12.1. The number of nitrogens with zero attached hydrogens (tertiary/aromatic N) is 1. The minimum absolute atomic E-state index is 0.0126. The van der Waals surface area contributed by atoms with Crippen LogP contribution in [0.1, 0.15) is 31.2 Å². The number of carbonyl (C=O) groups is 2. The number of benzene rings is 1. The summed E-state index contributed by atoms with van der Waals surface area (Å²) in [4.78, 5) is 24.8. The lowest BCUT2D eigenvalue weighted by Gasteiger charge is -2.17. The number of hydrogen-bond acceptors (Lipinski definition) is 3. The first-order valence-corrected chi connectivity index (χ1v) is 8.07. The van der Waals surface area contributed by atoms with Crippen molar-refractivity contribution in [3.05, 3.63) is 47.5 Å². The summed E-state index contributed by atoms with van der Waals surface area (Å²) in [5, 5.41) is 9.46. The Balaban J connectivity index is 1.64. The van der Waals surface area contributed by atoms with Crippen LogP contribution in [-0.4, -0.2) is 41.0 Å². The number of hydrogen-bond donors (Lipinski definition) is 2.